The highest BCUT2D eigenvalue weighted by atomic mass is 32.1. The molecule has 0 N–H and O–H groups in total. The lowest BCUT2D eigenvalue weighted by Crippen LogP contribution is -2.01. The summed E-state index contributed by atoms with van der Waals surface area (Å²) in [4.78, 5) is 16.2. The van der Waals surface area contributed by atoms with E-state index in [4.69, 9.17) is 15.0 Å². The summed E-state index contributed by atoms with van der Waals surface area (Å²) in [5.41, 5.74) is 8.64. The molecule has 5 heteroatoms. The zero-order valence-electron chi connectivity index (χ0n) is 33.3. The Bertz CT molecular complexity index is 3880. The highest BCUT2D eigenvalue weighted by Crippen LogP contribution is 2.41. The quantitative estimate of drug-likeness (QED) is 0.163. The molecule has 13 aromatic rings. The van der Waals surface area contributed by atoms with Crippen LogP contribution in [0.1, 0.15) is 0 Å². The summed E-state index contributed by atoms with van der Waals surface area (Å²) < 4.78 is 4.86. The molecule has 13 rings (SSSR count). The highest BCUT2D eigenvalue weighted by Gasteiger charge is 2.20. The Kier molecular flexibility index (Phi) is 7.74. The molecule has 0 aliphatic carbocycles. The molecule has 0 unspecified atom stereocenters. The van der Waals surface area contributed by atoms with Gasteiger partial charge in [-0.25, -0.2) is 15.0 Å². The summed E-state index contributed by atoms with van der Waals surface area (Å²) in [5, 5.41) is 11.7. The molecule has 0 fully saturated rings. The van der Waals surface area contributed by atoms with E-state index in [9.17, 15) is 0 Å². The molecule has 0 radical (unpaired) electrons. The Labute approximate surface area is 360 Å². The molecule has 3 heterocycles. The van der Waals surface area contributed by atoms with E-state index in [-0.39, 0.29) is 0 Å². The van der Waals surface area contributed by atoms with Gasteiger partial charge in [0, 0.05) is 53.3 Å². The molecule has 62 heavy (non-hydrogen) atoms. The van der Waals surface area contributed by atoms with E-state index in [1.54, 1.807) is 0 Å². The number of fused-ring (bicyclic) bond motifs is 9. The fourth-order valence-corrected chi connectivity index (χ4v) is 10.5. The van der Waals surface area contributed by atoms with Crippen LogP contribution in [0.15, 0.2) is 206 Å². The van der Waals surface area contributed by atoms with Crippen LogP contribution in [0.3, 0.4) is 0 Å². The van der Waals surface area contributed by atoms with Crippen LogP contribution in [0.4, 0.5) is 0 Å². The highest BCUT2D eigenvalue weighted by molar-refractivity contribution is 7.25. The van der Waals surface area contributed by atoms with E-state index in [0.717, 1.165) is 55.0 Å². The van der Waals surface area contributed by atoms with Gasteiger partial charge < -0.3 is 4.57 Å². The van der Waals surface area contributed by atoms with E-state index in [1.165, 1.54) is 52.8 Å². The van der Waals surface area contributed by atoms with Gasteiger partial charge in [-0.05, 0) is 104 Å². The Morgan fingerprint density at radius 1 is 0.306 bits per heavy atom. The van der Waals surface area contributed by atoms with Crippen molar-refractivity contribution in [2.24, 2.45) is 0 Å². The molecule has 0 aliphatic heterocycles. The number of benzene rings is 10. The van der Waals surface area contributed by atoms with Gasteiger partial charge in [0.1, 0.15) is 0 Å². The third kappa shape index (κ3) is 5.56. The van der Waals surface area contributed by atoms with Gasteiger partial charge in [0.25, 0.3) is 0 Å². The monoisotopic (exact) mass is 806 g/mol. The smallest absolute Gasteiger partial charge is 0.165 e. The first-order valence-corrected chi connectivity index (χ1v) is 21.7. The van der Waals surface area contributed by atoms with E-state index in [1.807, 2.05) is 11.3 Å². The zero-order valence-corrected chi connectivity index (χ0v) is 34.1. The van der Waals surface area contributed by atoms with Crippen LogP contribution >= 0.6 is 11.3 Å². The second-order valence-corrected chi connectivity index (χ2v) is 17.1. The summed E-state index contributed by atoms with van der Waals surface area (Å²) in [6.07, 6.45) is 0. The maximum Gasteiger partial charge on any atom is 0.165 e. The van der Waals surface area contributed by atoms with Crippen molar-refractivity contribution in [2.75, 3.05) is 0 Å². The van der Waals surface area contributed by atoms with E-state index < -0.39 is 0 Å². The summed E-state index contributed by atoms with van der Waals surface area (Å²) >= 11 is 1.82. The van der Waals surface area contributed by atoms with Crippen molar-refractivity contribution >= 4 is 85.6 Å². The minimum atomic E-state index is 0.626. The summed E-state index contributed by atoms with van der Waals surface area (Å²) in [6.45, 7) is 0. The van der Waals surface area contributed by atoms with Crippen molar-refractivity contribution in [1.29, 1.82) is 0 Å². The molecule has 3 aromatic heterocycles. The first-order valence-electron chi connectivity index (χ1n) is 20.9. The predicted molar refractivity (Wildman–Crippen MR) is 261 cm³/mol. The van der Waals surface area contributed by atoms with Gasteiger partial charge in [-0.3, -0.25) is 0 Å². The maximum absolute atomic E-state index is 5.42. The largest absolute Gasteiger partial charge is 0.309 e. The van der Waals surface area contributed by atoms with Gasteiger partial charge in [-0.2, -0.15) is 0 Å². The molecule has 10 aromatic carbocycles. The van der Waals surface area contributed by atoms with Gasteiger partial charge in [0.15, 0.2) is 17.5 Å². The number of hydrogen-bond acceptors (Lipinski definition) is 4. The van der Waals surface area contributed by atoms with Crippen LogP contribution in [-0.2, 0) is 0 Å². The second kappa shape index (κ2) is 13.8. The average Bonchev–Trinajstić information content (AvgIpc) is 3.87. The van der Waals surface area contributed by atoms with Crippen LogP contribution in [0.2, 0.25) is 0 Å². The molecule has 4 nitrogen and oxygen atoms in total. The molecule has 0 aliphatic rings. The number of nitrogens with zero attached hydrogens (tertiary/aromatic N) is 4. The number of rotatable bonds is 5. The minimum Gasteiger partial charge on any atom is -0.309 e. The fraction of sp³-hybridized carbons (Fsp3) is 0. The molecule has 0 saturated carbocycles. The van der Waals surface area contributed by atoms with Crippen molar-refractivity contribution in [1.82, 2.24) is 19.5 Å². The topological polar surface area (TPSA) is 43.6 Å². The van der Waals surface area contributed by atoms with Gasteiger partial charge in [0.05, 0.1) is 11.0 Å². The lowest BCUT2D eigenvalue weighted by atomic mass is 9.96. The van der Waals surface area contributed by atoms with Gasteiger partial charge in [0.2, 0.25) is 0 Å². The first kappa shape index (κ1) is 34.8. The van der Waals surface area contributed by atoms with Crippen LogP contribution in [0.25, 0.3) is 125 Å². The lowest BCUT2D eigenvalue weighted by molar-refractivity contribution is 1.08. The SMILES string of the molecule is c1ccc(-c2ccc3sc4ccc(-c5nc(-c6ccc7c8ccccc8n(-c8ccc9ccccc9c8)c7c6)nc(-c6c7ccccc7cc7ccccc67)n5)cc4c3c2)cc1. The van der Waals surface area contributed by atoms with Crippen molar-refractivity contribution in [3.63, 3.8) is 0 Å². The standard InChI is InChI=1S/C57H34N4S/c1-2-12-35(13-3-1)38-24-28-52-48(32-38)49-33-41(25-29-53(49)62-52)55-58-56(60-57(59-55)54-44-18-8-6-16-39(44)30-40-17-7-9-19-45(40)54)42-23-27-47-46-20-10-11-21-50(46)61(51(47)34-42)43-26-22-36-14-4-5-15-37(36)31-43/h1-34H. The van der Waals surface area contributed by atoms with Crippen LogP contribution in [0.5, 0.6) is 0 Å². The third-order valence-corrected chi connectivity index (χ3v) is 13.5. The molecule has 0 spiro atoms. The molecule has 0 atom stereocenters. The maximum atomic E-state index is 5.42. The summed E-state index contributed by atoms with van der Waals surface area (Å²) in [6, 6.07) is 74.0. The second-order valence-electron chi connectivity index (χ2n) is 16.0. The minimum absolute atomic E-state index is 0.626. The Morgan fingerprint density at radius 3 is 1.60 bits per heavy atom. The Hall–Kier alpha value is -7.99. The lowest BCUT2D eigenvalue weighted by Gasteiger charge is -2.14. The number of hydrogen-bond donors (Lipinski definition) is 0. The van der Waals surface area contributed by atoms with Crippen LogP contribution in [0, 0.1) is 0 Å². The molecule has 288 valence electrons. The third-order valence-electron chi connectivity index (χ3n) is 12.4. The van der Waals surface area contributed by atoms with Crippen LogP contribution < -0.4 is 0 Å². The van der Waals surface area contributed by atoms with Gasteiger partial charge in [-0.15, -0.1) is 11.3 Å². The summed E-state index contributed by atoms with van der Waals surface area (Å²) in [7, 11) is 0. The summed E-state index contributed by atoms with van der Waals surface area (Å²) in [5.74, 6) is 1.91. The fourth-order valence-electron chi connectivity index (χ4n) is 9.43. The number of para-hydroxylation sites is 1. The van der Waals surface area contributed by atoms with Crippen molar-refractivity contribution in [3.05, 3.63) is 206 Å². The average molecular weight is 807 g/mol. The first-order chi connectivity index (χ1) is 30.7. The Morgan fingerprint density at radius 2 is 0.855 bits per heavy atom. The Balaban J connectivity index is 1.06. The predicted octanol–water partition coefficient (Wildman–Crippen LogP) is 15.5. The van der Waals surface area contributed by atoms with E-state index >= 15 is 0 Å². The van der Waals surface area contributed by atoms with Crippen molar-refractivity contribution in [3.8, 4) is 51.0 Å². The number of aromatic nitrogens is 4. The normalized spacial score (nSPS) is 11.9. The van der Waals surface area contributed by atoms with Crippen molar-refractivity contribution < 1.29 is 0 Å². The molecule has 0 bridgehead atoms. The van der Waals surface area contributed by atoms with Gasteiger partial charge in [-0.1, -0.05) is 146 Å². The van der Waals surface area contributed by atoms with E-state index in [0.29, 0.717) is 17.5 Å². The molecular weight excluding hydrogens is 773 g/mol. The van der Waals surface area contributed by atoms with Crippen molar-refractivity contribution in [2.45, 2.75) is 0 Å². The molecule has 0 saturated heterocycles. The zero-order chi connectivity index (χ0) is 40.7. The van der Waals surface area contributed by atoms with Gasteiger partial charge >= 0.3 is 0 Å². The molecule has 0 amide bonds. The number of thiophene rings is 1. The van der Waals surface area contributed by atoms with E-state index in [2.05, 4.69) is 211 Å². The molecular formula is C57H34N4S. The van der Waals surface area contributed by atoms with Crippen LogP contribution in [-0.4, -0.2) is 19.5 Å².